The smallest absolute Gasteiger partial charge is 0.382 e. The van der Waals surface area contributed by atoms with Gasteiger partial charge in [0.2, 0.25) is 5.91 Å². The minimum atomic E-state index is -4.69. The quantitative estimate of drug-likeness (QED) is 0.706. The number of aliphatic hydroxyl groups excluding tert-OH is 1. The van der Waals surface area contributed by atoms with Gasteiger partial charge in [0.05, 0.1) is 6.54 Å². The normalized spacial score (nSPS) is 23.7. The van der Waals surface area contributed by atoms with Gasteiger partial charge in [0.25, 0.3) is 0 Å². The molecule has 0 saturated carbocycles. The van der Waals surface area contributed by atoms with Crippen LogP contribution in [0.25, 0.3) is 0 Å². The first kappa shape index (κ1) is 16.2. The van der Waals surface area contributed by atoms with Crippen molar-refractivity contribution < 1.29 is 23.1 Å². The van der Waals surface area contributed by atoms with E-state index in [4.69, 9.17) is 5.11 Å². The van der Waals surface area contributed by atoms with Crippen molar-refractivity contribution >= 4 is 5.91 Å². The van der Waals surface area contributed by atoms with Crippen molar-refractivity contribution in [3.63, 3.8) is 0 Å². The predicted octanol–water partition coefficient (Wildman–Crippen LogP) is 1.05. The first-order chi connectivity index (χ1) is 8.80. The molecule has 0 spiro atoms. The van der Waals surface area contributed by atoms with E-state index in [9.17, 15) is 18.0 Å². The van der Waals surface area contributed by atoms with Crippen molar-refractivity contribution in [2.75, 3.05) is 19.6 Å². The summed E-state index contributed by atoms with van der Waals surface area (Å²) >= 11 is 0. The van der Waals surface area contributed by atoms with Crippen LogP contribution in [0.4, 0.5) is 13.2 Å². The average molecular weight is 282 g/mol. The number of amides is 1. The molecule has 0 aromatic rings. The van der Waals surface area contributed by atoms with E-state index in [0.29, 0.717) is 5.92 Å². The van der Waals surface area contributed by atoms with Gasteiger partial charge in [-0.05, 0) is 37.8 Å². The molecule has 0 aromatic carbocycles. The molecule has 1 fully saturated rings. The second kappa shape index (κ2) is 7.09. The van der Waals surface area contributed by atoms with E-state index < -0.39 is 24.7 Å². The summed E-state index contributed by atoms with van der Waals surface area (Å²) < 4.78 is 36.1. The van der Waals surface area contributed by atoms with Gasteiger partial charge < -0.3 is 15.7 Å². The second-order valence-corrected chi connectivity index (χ2v) is 5.15. The number of nitrogens with one attached hydrogen (secondary N) is 2. The van der Waals surface area contributed by atoms with Crippen LogP contribution in [0.3, 0.4) is 0 Å². The van der Waals surface area contributed by atoms with E-state index in [2.05, 4.69) is 10.6 Å². The summed E-state index contributed by atoms with van der Waals surface area (Å²) in [5, 5.41) is 14.1. The first-order valence-corrected chi connectivity index (χ1v) is 6.53. The van der Waals surface area contributed by atoms with Gasteiger partial charge >= 0.3 is 6.18 Å². The van der Waals surface area contributed by atoms with Crippen LogP contribution < -0.4 is 10.6 Å². The average Bonchev–Trinajstić information content (AvgIpc) is 2.35. The zero-order chi connectivity index (χ0) is 14.5. The Morgan fingerprint density at radius 2 is 2.21 bits per heavy atom. The maximum Gasteiger partial charge on any atom is 0.416 e. The molecule has 1 aliphatic heterocycles. The molecule has 19 heavy (non-hydrogen) atoms. The minimum Gasteiger partial charge on any atom is -0.382 e. The molecule has 112 valence electrons. The lowest BCUT2D eigenvalue weighted by Crippen LogP contribution is -2.41. The standard InChI is InChI=1S/C12H21F3N2O2/c1-8(9-3-2-4-16-6-9)5-11(19)17-7-10(18)12(13,14)15/h8-10,16,18H,2-7H2,1H3,(H,17,19). The second-order valence-electron chi connectivity index (χ2n) is 5.15. The zero-order valence-electron chi connectivity index (χ0n) is 11.0. The third-order valence-electron chi connectivity index (χ3n) is 3.52. The number of aliphatic hydroxyl groups is 1. The highest BCUT2D eigenvalue weighted by Gasteiger charge is 2.38. The van der Waals surface area contributed by atoms with E-state index in [1.54, 1.807) is 0 Å². The Hall–Kier alpha value is -0.820. The van der Waals surface area contributed by atoms with Crippen LogP contribution in [0.15, 0.2) is 0 Å². The summed E-state index contributed by atoms with van der Waals surface area (Å²) in [6.45, 7) is 2.97. The summed E-state index contributed by atoms with van der Waals surface area (Å²) in [5.74, 6) is 0.0595. The van der Waals surface area contributed by atoms with Crippen LogP contribution in [0.5, 0.6) is 0 Å². The Morgan fingerprint density at radius 1 is 1.53 bits per heavy atom. The number of hydrogen-bond acceptors (Lipinski definition) is 3. The maximum atomic E-state index is 12.0. The van der Waals surface area contributed by atoms with Crippen LogP contribution in [0.1, 0.15) is 26.2 Å². The van der Waals surface area contributed by atoms with Gasteiger partial charge in [-0.2, -0.15) is 13.2 Å². The number of alkyl halides is 3. The number of piperidine rings is 1. The highest BCUT2D eigenvalue weighted by molar-refractivity contribution is 5.76. The van der Waals surface area contributed by atoms with Crippen molar-refractivity contribution in [2.45, 2.75) is 38.5 Å². The van der Waals surface area contributed by atoms with E-state index >= 15 is 0 Å². The zero-order valence-corrected chi connectivity index (χ0v) is 11.0. The molecular formula is C12H21F3N2O2. The summed E-state index contributed by atoms with van der Waals surface area (Å²) in [6.07, 6.45) is -4.90. The molecule has 7 heteroatoms. The van der Waals surface area contributed by atoms with E-state index in [-0.39, 0.29) is 12.3 Å². The summed E-state index contributed by atoms with van der Waals surface area (Å²) in [6, 6.07) is 0. The Kier molecular flexibility index (Phi) is 6.06. The fraction of sp³-hybridized carbons (Fsp3) is 0.917. The van der Waals surface area contributed by atoms with E-state index in [1.807, 2.05) is 6.92 Å². The Morgan fingerprint density at radius 3 is 2.74 bits per heavy atom. The largest absolute Gasteiger partial charge is 0.416 e. The van der Waals surface area contributed by atoms with Crippen LogP contribution in [-0.2, 0) is 4.79 Å². The fourth-order valence-electron chi connectivity index (χ4n) is 2.22. The first-order valence-electron chi connectivity index (χ1n) is 6.53. The minimum absolute atomic E-state index is 0.121. The topological polar surface area (TPSA) is 61.4 Å². The molecule has 4 nitrogen and oxygen atoms in total. The summed E-state index contributed by atoms with van der Waals surface area (Å²) in [4.78, 5) is 11.5. The van der Waals surface area contributed by atoms with Crippen LogP contribution in [0.2, 0.25) is 0 Å². The van der Waals surface area contributed by atoms with Gasteiger partial charge in [0.1, 0.15) is 0 Å². The lowest BCUT2D eigenvalue weighted by molar-refractivity contribution is -0.201. The summed E-state index contributed by atoms with van der Waals surface area (Å²) in [5.41, 5.74) is 0. The molecule has 3 unspecified atom stereocenters. The molecule has 3 atom stereocenters. The molecule has 3 N–H and O–H groups in total. The van der Waals surface area contributed by atoms with Crippen molar-refractivity contribution in [3.05, 3.63) is 0 Å². The molecule has 0 aliphatic carbocycles. The Labute approximate surface area is 110 Å². The molecule has 0 bridgehead atoms. The number of halogens is 3. The maximum absolute atomic E-state index is 12.0. The van der Waals surface area contributed by atoms with Crippen LogP contribution in [0, 0.1) is 11.8 Å². The highest BCUT2D eigenvalue weighted by atomic mass is 19.4. The van der Waals surface area contributed by atoms with Crippen molar-refractivity contribution in [1.29, 1.82) is 0 Å². The summed E-state index contributed by atoms with van der Waals surface area (Å²) in [7, 11) is 0. The lowest BCUT2D eigenvalue weighted by Gasteiger charge is -2.28. The highest BCUT2D eigenvalue weighted by Crippen LogP contribution is 2.22. The van der Waals surface area contributed by atoms with Gasteiger partial charge in [0.15, 0.2) is 6.10 Å². The van der Waals surface area contributed by atoms with Crippen molar-refractivity contribution in [1.82, 2.24) is 10.6 Å². The van der Waals surface area contributed by atoms with E-state index in [1.165, 1.54) is 0 Å². The Bertz CT molecular complexity index is 291. The van der Waals surface area contributed by atoms with Crippen molar-refractivity contribution in [2.24, 2.45) is 11.8 Å². The predicted molar refractivity (Wildman–Crippen MR) is 64.4 cm³/mol. The number of carbonyl (C=O) groups excluding carboxylic acids is 1. The van der Waals surface area contributed by atoms with E-state index in [0.717, 1.165) is 25.9 Å². The number of rotatable bonds is 5. The third kappa shape index (κ3) is 5.78. The van der Waals surface area contributed by atoms with Crippen LogP contribution in [-0.4, -0.2) is 42.9 Å². The van der Waals surface area contributed by atoms with Gasteiger partial charge in [0, 0.05) is 6.42 Å². The molecule has 1 saturated heterocycles. The fourth-order valence-corrected chi connectivity index (χ4v) is 2.22. The third-order valence-corrected chi connectivity index (χ3v) is 3.52. The monoisotopic (exact) mass is 282 g/mol. The molecule has 0 radical (unpaired) electrons. The molecule has 1 heterocycles. The molecular weight excluding hydrogens is 261 g/mol. The molecule has 0 aromatic heterocycles. The van der Waals surface area contributed by atoms with Crippen molar-refractivity contribution in [3.8, 4) is 0 Å². The molecule has 1 amide bonds. The van der Waals surface area contributed by atoms with Gasteiger partial charge in [-0.1, -0.05) is 6.92 Å². The van der Waals surface area contributed by atoms with Gasteiger partial charge in [-0.3, -0.25) is 4.79 Å². The van der Waals surface area contributed by atoms with Gasteiger partial charge in [-0.15, -0.1) is 0 Å². The Balaban J connectivity index is 2.26. The van der Waals surface area contributed by atoms with Crippen LogP contribution >= 0.6 is 0 Å². The van der Waals surface area contributed by atoms with Gasteiger partial charge in [-0.25, -0.2) is 0 Å². The number of carbonyl (C=O) groups is 1. The molecule has 1 aliphatic rings. The lowest BCUT2D eigenvalue weighted by atomic mass is 9.85. The number of hydrogen-bond donors (Lipinski definition) is 3. The molecule has 1 rings (SSSR count). The SMILES string of the molecule is CC(CC(=O)NCC(O)C(F)(F)F)C1CCCNC1.